The standard InChI is InChI=1S/C11H7BrF2N2O2/c1-5-4-18-11(15-5)16-10(17)9-7(13)2-6(12)3-8(9)14/h2-4H,1H3,(H,15,16,17). The molecule has 1 heterocycles. The van der Waals surface area contributed by atoms with Gasteiger partial charge in [-0.1, -0.05) is 15.9 Å². The minimum absolute atomic E-state index is 0.112. The summed E-state index contributed by atoms with van der Waals surface area (Å²) in [4.78, 5) is 15.5. The summed E-state index contributed by atoms with van der Waals surface area (Å²) in [6, 6.07) is 1.89. The number of carbonyl (C=O) groups is 1. The molecular weight excluding hydrogens is 310 g/mol. The number of nitrogens with zero attached hydrogens (tertiary/aromatic N) is 1. The van der Waals surface area contributed by atoms with Crippen LogP contribution in [0.4, 0.5) is 14.8 Å². The van der Waals surface area contributed by atoms with E-state index < -0.39 is 23.1 Å². The van der Waals surface area contributed by atoms with Gasteiger partial charge in [0.15, 0.2) is 0 Å². The van der Waals surface area contributed by atoms with Gasteiger partial charge in [-0.05, 0) is 19.1 Å². The number of nitrogens with one attached hydrogen (secondary N) is 1. The van der Waals surface area contributed by atoms with Gasteiger partial charge in [-0.3, -0.25) is 10.1 Å². The monoisotopic (exact) mass is 316 g/mol. The number of halogens is 3. The number of amides is 1. The van der Waals surface area contributed by atoms with E-state index in [-0.39, 0.29) is 10.5 Å². The molecule has 7 heteroatoms. The number of aryl methyl sites for hydroxylation is 1. The summed E-state index contributed by atoms with van der Waals surface area (Å²) in [6.45, 7) is 1.65. The second kappa shape index (κ2) is 4.85. The lowest BCUT2D eigenvalue weighted by molar-refractivity contribution is 0.101. The number of oxazole rings is 1. The number of benzene rings is 1. The van der Waals surface area contributed by atoms with E-state index in [1.54, 1.807) is 6.92 Å². The molecule has 0 saturated heterocycles. The lowest BCUT2D eigenvalue weighted by Gasteiger charge is -2.04. The Morgan fingerprint density at radius 2 is 2.00 bits per heavy atom. The van der Waals surface area contributed by atoms with Gasteiger partial charge < -0.3 is 4.42 Å². The summed E-state index contributed by atoms with van der Waals surface area (Å²) < 4.78 is 32.0. The van der Waals surface area contributed by atoms with E-state index in [4.69, 9.17) is 4.42 Å². The molecular formula is C11H7BrF2N2O2. The molecule has 0 fully saturated rings. The maximum Gasteiger partial charge on any atom is 0.301 e. The Morgan fingerprint density at radius 1 is 1.39 bits per heavy atom. The zero-order valence-corrected chi connectivity index (χ0v) is 10.7. The summed E-state index contributed by atoms with van der Waals surface area (Å²) in [7, 11) is 0. The van der Waals surface area contributed by atoms with Crippen LogP contribution in [0.5, 0.6) is 0 Å². The van der Waals surface area contributed by atoms with Crippen molar-refractivity contribution in [3.05, 3.63) is 45.8 Å². The lowest BCUT2D eigenvalue weighted by Crippen LogP contribution is -2.16. The van der Waals surface area contributed by atoms with Crippen LogP contribution in [0.3, 0.4) is 0 Å². The van der Waals surface area contributed by atoms with Crippen molar-refractivity contribution in [2.75, 3.05) is 5.32 Å². The van der Waals surface area contributed by atoms with Crippen LogP contribution in [0.25, 0.3) is 0 Å². The van der Waals surface area contributed by atoms with Gasteiger partial charge in [0.1, 0.15) is 23.5 Å². The SMILES string of the molecule is Cc1coc(NC(=O)c2c(F)cc(Br)cc2F)n1. The highest BCUT2D eigenvalue weighted by molar-refractivity contribution is 9.10. The van der Waals surface area contributed by atoms with Crippen molar-refractivity contribution in [2.24, 2.45) is 0 Å². The normalized spacial score (nSPS) is 10.4. The first-order valence-electron chi connectivity index (χ1n) is 4.85. The topological polar surface area (TPSA) is 55.1 Å². The van der Waals surface area contributed by atoms with E-state index in [9.17, 15) is 13.6 Å². The summed E-state index contributed by atoms with van der Waals surface area (Å²) in [5, 5.41) is 2.17. The zero-order chi connectivity index (χ0) is 13.3. The third kappa shape index (κ3) is 2.56. The third-order valence-corrected chi connectivity index (χ3v) is 2.53. The van der Waals surface area contributed by atoms with Gasteiger partial charge in [0.25, 0.3) is 5.91 Å². The molecule has 2 rings (SSSR count). The van der Waals surface area contributed by atoms with E-state index in [1.165, 1.54) is 6.26 Å². The van der Waals surface area contributed by atoms with E-state index in [2.05, 4.69) is 26.2 Å². The van der Waals surface area contributed by atoms with Gasteiger partial charge >= 0.3 is 6.01 Å². The number of hydrogen-bond donors (Lipinski definition) is 1. The lowest BCUT2D eigenvalue weighted by atomic mass is 10.2. The molecule has 18 heavy (non-hydrogen) atoms. The molecule has 94 valence electrons. The zero-order valence-electron chi connectivity index (χ0n) is 9.13. The minimum atomic E-state index is -0.970. The van der Waals surface area contributed by atoms with Crippen LogP contribution >= 0.6 is 15.9 Å². The Kier molecular flexibility index (Phi) is 3.42. The molecule has 1 aromatic heterocycles. The first-order valence-corrected chi connectivity index (χ1v) is 5.64. The summed E-state index contributed by atoms with van der Waals surface area (Å²) in [6.07, 6.45) is 1.31. The first-order chi connectivity index (χ1) is 8.47. The summed E-state index contributed by atoms with van der Waals surface area (Å²) >= 11 is 2.92. The molecule has 0 aliphatic heterocycles. The van der Waals surface area contributed by atoms with Crippen molar-refractivity contribution in [1.82, 2.24) is 4.98 Å². The van der Waals surface area contributed by atoms with Crippen LogP contribution in [0, 0.1) is 18.6 Å². The first kappa shape index (κ1) is 12.7. The number of rotatable bonds is 2. The van der Waals surface area contributed by atoms with E-state index in [1.807, 2.05) is 0 Å². The van der Waals surface area contributed by atoms with Crippen molar-refractivity contribution < 1.29 is 18.0 Å². The largest absolute Gasteiger partial charge is 0.432 e. The van der Waals surface area contributed by atoms with Crippen molar-refractivity contribution in [3.63, 3.8) is 0 Å². The van der Waals surface area contributed by atoms with Crippen molar-refractivity contribution in [1.29, 1.82) is 0 Å². The molecule has 0 aliphatic rings. The van der Waals surface area contributed by atoms with Crippen LogP contribution in [0.15, 0.2) is 27.3 Å². The van der Waals surface area contributed by atoms with E-state index in [0.717, 1.165) is 12.1 Å². The van der Waals surface area contributed by atoms with Gasteiger partial charge in [-0.15, -0.1) is 0 Å². The van der Waals surface area contributed by atoms with Gasteiger partial charge in [0.2, 0.25) is 0 Å². The Hall–Kier alpha value is -1.76. The smallest absolute Gasteiger partial charge is 0.301 e. The number of hydrogen-bond acceptors (Lipinski definition) is 3. The van der Waals surface area contributed by atoms with Crippen LogP contribution in [0.1, 0.15) is 16.1 Å². The molecule has 0 unspecified atom stereocenters. The quantitative estimate of drug-likeness (QED) is 0.925. The molecule has 0 spiro atoms. The van der Waals surface area contributed by atoms with Crippen LogP contribution < -0.4 is 5.32 Å². The molecule has 0 saturated carbocycles. The molecule has 1 N–H and O–H groups in total. The van der Waals surface area contributed by atoms with Crippen LogP contribution in [-0.2, 0) is 0 Å². The Bertz CT molecular complexity index is 590. The number of anilines is 1. The average molecular weight is 317 g/mol. The van der Waals surface area contributed by atoms with Crippen molar-refractivity contribution in [3.8, 4) is 0 Å². The fraction of sp³-hybridized carbons (Fsp3) is 0.0909. The Balaban J connectivity index is 2.29. The van der Waals surface area contributed by atoms with E-state index in [0.29, 0.717) is 5.69 Å². The van der Waals surface area contributed by atoms with Gasteiger partial charge in [-0.25, -0.2) is 8.78 Å². The van der Waals surface area contributed by atoms with Crippen LogP contribution in [0.2, 0.25) is 0 Å². The summed E-state index contributed by atoms with van der Waals surface area (Å²) in [5.74, 6) is -2.90. The minimum Gasteiger partial charge on any atom is -0.432 e. The third-order valence-electron chi connectivity index (χ3n) is 2.07. The van der Waals surface area contributed by atoms with Gasteiger partial charge in [0, 0.05) is 4.47 Å². The molecule has 4 nitrogen and oxygen atoms in total. The predicted octanol–water partition coefficient (Wildman–Crippen LogP) is 3.28. The van der Waals surface area contributed by atoms with Gasteiger partial charge in [0.05, 0.1) is 5.69 Å². The van der Waals surface area contributed by atoms with Gasteiger partial charge in [-0.2, -0.15) is 4.98 Å². The van der Waals surface area contributed by atoms with Crippen LogP contribution in [-0.4, -0.2) is 10.9 Å². The predicted molar refractivity (Wildman–Crippen MR) is 63.3 cm³/mol. The Morgan fingerprint density at radius 3 is 2.50 bits per heavy atom. The molecule has 1 amide bonds. The second-order valence-corrected chi connectivity index (χ2v) is 4.41. The maximum atomic E-state index is 13.5. The molecule has 0 atom stereocenters. The molecule has 1 aromatic carbocycles. The fourth-order valence-corrected chi connectivity index (χ4v) is 1.73. The van der Waals surface area contributed by atoms with E-state index >= 15 is 0 Å². The molecule has 0 bridgehead atoms. The average Bonchev–Trinajstić information content (AvgIpc) is 2.62. The highest BCUT2D eigenvalue weighted by atomic mass is 79.9. The highest BCUT2D eigenvalue weighted by Crippen LogP contribution is 2.20. The molecule has 0 aliphatic carbocycles. The number of aromatic nitrogens is 1. The highest BCUT2D eigenvalue weighted by Gasteiger charge is 2.19. The molecule has 2 aromatic rings. The second-order valence-electron chi connectivity index (χ2n) is 3.49. The number of carbonyl (C=O) groups excluding carboxylic acids is 1. The maximum absolute atomic E-state index is 13.5. The summed E-state index contributed by atoms with van der Waals surface area (Å²) in [5.41, 5.74) is -0.142. The fourth-order valence-electron chi connectivity index (χ4n) is 1.33. The molecule has 0 radical (unpaired) electrons. The van der Waals surface area contributed by atoms with Crippen molar-refractivity contribution in [2.45, 2.75) is 6.92 Å². The van der Waals surface area contributed by atoms with Crippen molar-refractivity contribution >= 4 is 27.9 Å². The Labute approximate surface area is 109 Å².